The van der Waals surface area contributed by atoms with E-state index >= 15 is 0 Å². The summed E-state index contributed by atoms with van der Waals surface area (Å²) in [5, 5.41) is 0. The van der Waals surface area contributed by atoms with E-state index in [1.54, 1.807) is 6.92 Å². The number of hydrogen-bond donors (Lipinski definition) is 1. The van der Waals surface area contributed by atoms with Crippen LogP contribution in [0.25, 0.3) is 0 Å². The van der Waals surface area contributed by atoms with E-state index in [0.29, 0.717) is 25.1 Å². The molecule has 21 heavy (non-hydrogen) atoms. The third-order valence-electron chi connectivity index (χ3n) is 3.07. The van der Waals surface area contributed by atoms with Crippen molar-refractivity contribution < 1.29 is 16.8 Å². The van der Waals surface area contributed by atoms with Gasteiger partial charge in [0.2, 0.25) is 10.0 Å². The van der Waals surface area contributed by atoms with Gasteiger partial charge in [0, 0.05) is 19.1 Å². The van der Waals surface area contributed by atoms with Crippen LogP contribution in [0.3, 0.4) is 0 Å². The number of halogens is 1. The van der Waals surface area contributed by atoms with Crippen molar-refractivity contribution in [3.63, 3.8) is 0 Å². The Morgan fingerprint density at radius 3 is 2.57 bits per heavy atom. The van der Waals surface area contributed by atoms with Gasteiger partial charge in [-0.2, -0.15) is 4.31 Å². The number of sulfonamides is 2. The second-order valence-electron chi connectivity index (χ2n) is 4.93. The van der Waals surface area contributed by atoms with Crippen molar-refractivity contribution in [3.8, 4) is 0 Å². The van der Waals surface area contributed by atoms with Crippen LogP contribution in [0.2, 0.25) is 4.47 Å². The maximum Gasteiger partial charge on any atom is 0.254 e. The summed E-state index contributed by atoms with van der Waals surface area (Å²) in [7, 11) is -7.05. The molecule has 7 nitrogen and oxygen atoms in total. The number of hydrogen-bond acceptors (Lipinski definition) is 6. The predicted octanol–water partition coefficient (Wildman–Crippen LogP) is 0.807. The second-order valence-corrected chi connectivity index (χ2v) is 10.4. The van der Waals surface area contributed by atoms with Crippen molar-refractivity contribution >= 4 is 43.0 Å². The predicted molar refractivity (Wildman–Crippen MR) is 81.6 cm³/mol. The highest BCUT2D eigenvalue weighted by Crippen LogP contribution is 2.30. The van der Waals surface area contributed by atoms with Gasteiger partial charge in [-0.3, -0.25) is 0 Å². The van der Waals surface area contributed by atoms with Crippen molar-refractivity contribution in [2.75, 3.05) is 19.3 Å². The third-order valence-corrected chi connectivity index (χ3v) is 7.54. The molecule has 11 heteroatoms. The largest absolute Gasteiger partial charge is 0.254 e. The number of thiazole rings is 1. The molecular formula is C10H16ClN3O4S3. The van der Waals surface area contributed by atoms with Crippen LogP contribution in [-0.4, -0.2) is 51.5 Å². The lowest BCUT2D eigenvalue weighted by atomic mass is 10.1. The van der Waals surface area contributed by atoms with Gasteiger partial charge in [0.05, 0.1) is 11.9 Å². The number of aryl methyl sites for hydroxylation is 1. The monoisotopic (exact) mass is 373 g/mol. The molecule has 0 saturated carbocycles. The van der Waals surface area contributed by atoms with Crippen molar-refractivity contribution in [3.05, 3.63) is 10.2 Å². The lowest BCUT2D eigenvalue weighted by molar-refractivity contribution is 0.304. The standard InChI is InChI=1S/C10H16ClN3O4S3/c1-7-9(19-10(11)12-7)21(17,18)14-5-3-4-8(6-14)13-20(2,15)16/h8,13H,3-6H2,1-2H3. The van der Waals surface area contributed by atoms with Gasteiger partial charge in [0.15, 0.2) is 8.68 Å². The molecule has 1 fully saturated rings. The average molecular weight is 374 g/mol. The van der Waals surface area contributed by atoms with Crippen molar-refractivity contribution in [1.29, 1.82) is 0 Å². The van der Waals surface area contributed by atoms with E-state index in [1.165, 1.54) is 4.31 Å². The van der Waals surface area contributed by atoms with Gasteiger partial charge in [-0.25, -0.2) is 26.5 Å². The molecule has 0 radical (unpaired) electrons. The van der Waals surface area contributed by atoms with Crippen LogP contribution in [0.4, 0.5) is 0 Å². The molecule has 0 aromatic carbocycles. The Balaban J connectivity index is 2.22. The molecule has 1 saturated heterocycles. The minimum Gasteiger partial charge on any atom is -0.229 e. The zero-order valence-corrected chi connectivity index (χ0v) is 14.7. The van der Waals surface area contributed by atoms with Gasteiger partial charge in [-0.1, -0.05) is 22.9 Å². The van der Waals surface area contributed by atoms with Crippen molar-refractivity contribution in [1.82, 2.24) is 14.0 Å². The summed E-state index contributed by atoms with van der Waals surface area (Å²) in [5.74, 6) is 0. The smallest absolute Gasteiger partial charge is 0.229 e. The Kier molecular flexibility index (Phi) is 4.96. The highest BCUT2D eigenvalue weighted by atomic mass is 35.5. The molecular weight excluding hydrogens is 358 g/mol. The first-order valence-corrected chi connectivity index (χ1v) is 10.7. The summed E-state index contributed by atoms with van der Waals surface area (Å²) in [6, 6.07) is -0.410. The van der Waals surface area contributed by atoms with Crippen LogP contribution >= 0.6 is 22.9 Å². The number of piperidine rings is 1. The Hall–Kier alpha value is -0.260. The van der Waals surface area contributed by atoms with E-state index in [0.717, 1.165) is 17.6 Å². The SMILES string of the molecule is Cc1nc(Cl)sc1S(=O)(=O)N1CCCC(NS(C)(=O)=O)C1. The molecule has 1 N–H and O–H groups in total. The molecule has 0 aliphatic carbocycles. The number of rotatable bonds is 4. The average Bonchev–Trinajstić information content (AvgIpc) is 2.67. The van der Waals surface area contributed by atoms with Gasteiger partial charge in [-0.05, 0) is 19.8 Å². The summed E-state index contributed by atoms with van der Waals surface area (Å²) in [6.45, 7) is 2.06. The lowest BCUT2D eigenvalue weighted by Gasteiger charge is -2.31. The summed E-state index contributed by atoms with van der Waals surface area (Å²) < 4.78 is 51.8. The Morgan fingerprint density at radius 1 is 1.38 bits per heavy atom. The number of nitrogens with zero attached hydrogens (tertiary/aromatic N) is 2. The van der Waals surface area contributed by atoms with Crippen molar-refractivity contribution in [2.24, 2.45) is 0 Å². The van der Waals surface area contributed by atoms with Gasteiger partial charge in [-0.15, -0.1) is 0 Å². The molecule has 1 aromatic heterocycles. The summed E-state index contributed by atoms with van der Waals surface area (Å²) in [6.07, 6.45) is 2.27. The van der Waals surface area contributed by atoms with Gasteiger partial charge < -0.3 is 0 Å². The zero-order valence-electron chi connectivity index (χ0n) is 11.5. The van der Waals surface area contributed by atoms with E-state index in [9.17, 15) is 16.8 Å². The molecule has 2 heterocycles. The summed E-state index contributed by atoms with van der Waals surface area (Å²) in [4.78, 5) is 3.92. The van der Waals surface area contributed by atoms with E-state index in [4.69, 9.17) is 11.6 Å². The van der Waals surface area contributed by atoms with Crippen LogP contribution in [0, 0.1) is 6.92 Å². The van der Waals surface area contributed by atoms with Crippen LogP contribution < -0.4 is 4.72 Å². The van der Waals surface area contributed by atoms with E-state index < -0.39 is 26.1 Å². The summed E-state index contributed by atoms with van der Waals surface area (Å²) >= 11 is 6.67. The zero-order chi connectivity index (χ0) is 15.8. The molecule has 0 bridgehead atoms. The first-order valence-electron chi connectivity index (χ1n) is 6.20. The molecule has 2 rings (SSSR count). The molecule has 120 valence electrons. The molecule has 1 aliphatic rings. The fourth-order valence-corrected chi connectivity index (χ4v) is 6.46. The van der Waals surface area contributed by atoms with E-state index in [-0.39, 0.29) is 15.2 Å². The van der Waals surface area contributed by atoms with Gasteiger partial charge in [0.1, 0.15) is 0 Å². The first-order chi connectivity index (χ1) is 9.59. The fraction of sp³-hybridized carbons (Fsp3) is 0.700. The first kappa shape index (κ1) is 17.1. The van der Waals surface area contributed by atoms with E-state index in [2.05, 4.69) is 9.71 Å². The minimum atomic E-state index is -3.69. The maximum atomic E-state index is 12.6. The molecule has 0 amide bonds. The second kappa shape index (κ2) is 6.09. The van der Waals surface area contributed by atoms with Crippen LogP contribution in [0.5, 0.6) is 0 Å². The molecule has 1 atom stereocenters. The maximum absolute atomic E-state index is 12.6. The van der Waals surface area contributed by atoms with Crippen LogP contribution in [0.15, 0.2) is 4.21 Å². The van der Waals surface area contributed by atoms with Crippen LogP contribution in [-0.2, 0) is 20.0 Å². The third kappa shape index (κ3) is 4.14. The van der Waals surface area contributed by atoms with Crippen molar-refractivity contribution in [2.45, 2.75) is 30.0 Å². The Morgan fingerprint density at radius 2 is 2.05 bits per heavy atom. The van der Waals surface area contributed by atoms with E-state index in [1.807, 2.05) is 0 Å². The van der Waals surface area contributed by atoms with Gasteiger partial charge >= 0.3 is 0 Å². The fourth-order valence-electron chi connectivity index (χ4n) is 2.27. The summed E-state index contributed by atoms with van der Waals surface area (Å²) in [5.41, 5.74) is 0.364. The quantitative estimate of drug-likeness (QED) is 0.842. The molecule has 0 spiro atoms. The topological polar surface area (TPSA) is 96.4 Å². The van der Waals surface area contributed by atoms with Gasteiger partial charge in [0.25, 0.3) is 10.0 Å². The van der Waals surface area contributed by atoms with Crippen LogP contribution in [0.1, 0.15) is 18.5 Å². The highest BCUT2D eigenvalue weighted by molar-refractivity contribution is 7.91. The number of aromatic nitrogens is 1. The Labute approximate surface area is 133 Å². The minimum absolute atomic E-state index is 0.115. The Bertz CT molecular complexity index is 729. The normalized spacial score (nSPS) is 21.6. The number of nitrogens with one attached hydrogen (secondary N) is 1. The lowest BCUT2D eigenvalue weighted by Crippen LogP contribution is -2.49. The molecule has 1 aliphatic heterocycles. The molecule has 1 unspecified atom stereocenters. The molecule has 1 aromatic rings. The highest BCUT2D eigenvalue weighted by Gasteiger charge is 2.33.